The molecule has 0 bridgehead atoms. The van der Waals surface area contributed by atoms with Gasteiger partial charge in [0.25, 0.3) is 11.8 Å². The highest BCUT2D eigenvalue weighted by atomic mass is 35.5. The van der Waals surface area contributed by atoms with Crippen LogP contribution in [0.15, 0.2) is 65.7 Å². The average Bonchev–Trinajstić information content (AvgIpc) is 3.57. The molecular formula is C50H61ClN8O10S. The number of likely N-dealkylation sites (tertiary alicyclic amines) is 1. The summed E-state index contributed by atoms with van der Waals surface area (Å²) < 4.78 is 43.9. The second kappa shape index (κ2) is 23.3. The monoisotopic (exact) mass is 1000 g/mol. The van der Waals surface area contributed by atoms with Gasteiger partial charge in [-0.1, -0.05) is 29.8 Å². The second-order valence-corrected chi connectivity index (χ2v) is 21.0. The van der Waals surface area contributed by atoms with Crippen molar-refractivity contribution in [2.45, 2.75) is 101 Å². The van der Waals surface area contributed by atoms with Crippen LogP contribution in [0.5, 0.6) is 5.75 Å². The van der Waals surface area contributed by atoms with Gasteiger partial charge in [-0.05, 0) is 127 Å². The lowest BCUT2D eigenvalue weighted by Crippen LogP contribution is -2.54. The van der Waals surface area contributed by atoms with E-state index in [1.165, 1.54) is 11.8 Å². The summed E-state index contributed by atoms with van der Waals surface area (Å²) >= 11 is 6.51. The Morgan fingerprint density at radius 1 is 0.886 bits per heavy atom. The third kappa shape index (κ3) is 12.5. The van der Waals surface area contributed by atoms with E-state index in [-0.39, 0.29) is 63.5 Å². The fourth-order valence-electron chi connectivity index (χ4n) is 8.77. The van der Waals surface area contributed by atoms with Crippen LogP contribution in [0.25, 0.3) is 0 Å². The fraction of sp³-hybridized carbons (Fsp3) is 0.460. The van der Waals surface area contributed by atoms with Crippen molar-refractivity contribution in [1.82, 2.24) is 25.1 Å². The Labute approximate surface area is 413 Å². The summed E-state index contributed by atoms with van der Waals surface area (Å²) in [6.45, 7) is 13.0. The maximum Gasteiger partial charge on any atom is 0.264 e. The van der Waals surface area contributed by atoms with E-state index >= 15 is 0 Å². The number of aromatic nitrogens is 2. The molecule has 0 spiro atoms. The minimum Gasteiger partial charge on any atom is -0.489 e. The number of rotatable bonds is 23. The zero-order valence-electron chi connectivity index (χ0n) is 40.1. The van der Waals surface area contributed by atoms with E-state index in [0.717, 1.165) is 36.4 Å². The largest absolute Gasteiger partial charge is 0.489 e. The number of amides is 4. The fourth-order valence-corrected chi connectivity index (χ4v) is 10.1. The molecule has 2 saturated heterocycles. The molecule has 1 unspecified atom stereocenters. The van der Waals surface area contributed by atoms with Gasteiger partial charge >= 0.3 is 0 Å². The van der Waals surface area contributed by atoms with Gasteiger partial charge in [-0.2, -0.15) is 4.98 Å². The third-order valence-electron chi connectivity index (χ3n) is 12.4. The number of Topliss-reactive ketones (excluding diaryl/α,β-unsaturated/α-hetero) is 1. The van der Waals surface area contributed by atoms with Crippen LogP contribution >= 0.6 is 11.6 Å². The van der Waals surface area contributed by atoms with E-state index in [1.54, 1.807) is 56.3 Å². The summed E-state index contributed by atoms with van der Waals surface area (Å²) in [5, 5.41) is 11.4. The first-order valence-electron chi connectivity index (χ1n) is 23.7. The molecule has 3 aliphatic rings. The Bertz CT molecular complexity index is 2710. The lowest BCUT2D eigenvalue weighted by atomic mass is 9.86. The first kappa shape index (κ1) is 51.8. The molecule has 1 aromatic heterocycles. The van der Waals surface area contributed by atoms with Crippen molar-refractivity contribution >= 4 is 79.7 Å². The number of carbonyl (C=O) groups excluding carboxylic acids is 5. The Morgan fingerprint density at radius 3 is 2.34 bits per heavy atom. The number of hydrogen-bond acceptors (Lipinski definition) is 16. The number of anilines is 5. The smallest absolute Gasteiger partial charge is 0.264 e. The summed E-state index contributed by atoms with van der Waals surface area (Å²) in [6, 6.07) is 14.6. The molecule has 0 radical (unpaired) electrons. The number of imide groups is 2. The van der Waals surface area contributed by atoms with Crippen LogP contribution in [0.2, 0.25) is 5.02 Å². The number of ether oxygens (including phenoxy) is 3. The maximum atomic E-state index is 13.3. The molecule has 70 heavy (non-hydrogen) atoms. The van der Waals surface area contributed by atoms with E-state index < -0.39 is 44.8 Å². The number of sulfone groups is 1. The summed E-state index contributed by atoms with van der Waals surface area (Å²) in [4.78, 5) is 75.6. The van der Waals surface area contributed by atoms with E-state index in [9.17, 15) is 32.4 Å². The first-order valence-corrected chi connectivity index (χ1v) is 25.6. The molecule has 4 aromatic rings. The van der Waals surface area contributed by atoms with Crippen molar-refractivity contribution in [1.29, 1.82) is 0 Å². The molecule has 2 fully saturated rings. The number of aryl methyl sites for hydroxylation is 1. The van der Waals surface area contributed by atoms with Crippen molar-refractivity contribution in [2.24, 2.45) is 0 Å². The summed E-state index contributed by atoms with van der Waals surface area (Å²) in [5.74, 6) is -0.642. The van der Waals surface area contributed by atoms with E-state index in [2.05, 4.69) is 49.1 Å². The highest BCUT2D eigenvalue weighted by Gasteiger charge is 2.45. The number of halogens is 1. The molecular weight excluding hydrogens is 940 g/mol. The quantitative estimate of drug-likeness (QED) is 0.0435. The topological polar surface area (TPSA) is 228 Å². The highest BCUT2D eigenvalue weighted by Crippen LogP contribution is 2.39. The molecule has 0 aliphatic carbocycles. The number of hydrogen-bond donors (Lipinski definition) is 4. The maximum absolute atomic E-state index is 13.3. The SMILES string of the molecule is Cc1cc(Nc2ncc(Cl)c(Nc3ccccc3S(=O)(=O)C(C)C)n2)c(OC(C)C)cc1C1CCN(CC(=O)CCCOCCOCCNc2cccc3c2C(=O)N(C2CCC(=O)NC2=O)C3=O)CC1. The Kier molecular flexibility index (Phi) is 17.2. The van der Waals surface area contributed by atoms with Crippen LogP contribution in [0.3, 0.4) is 0 Å². The molecule has 18 nitrogen and oxygen atoms in total. The van der Waals surface area contributed by atoms with Crippen LogP contribution in [0.4, 0.5) is 28.8 Å². The Morgan fingerprint density at radius 2 is 1.61 bits per heavy atom. The Hall–Kier alpha value is -5.99. The van der Waals surface area contributed by atoms with Gasteiger partial charge in [0.05, 0.1) is 71.3 Å². The van der Waals surface area contributed by atoms with Gasteiger partial charge in [0, 0.05) is 31.7 Å². The first-order chi connectivity index (χ1) is 33.5. The van der Waals surface area contributed by atoms with Crippen LogP contribution in [0, 0.1) is 6.92 Å². The minimum absolute atomic E-state index is 0.0499. The molecule has 4 amide bonds. The van der Waals surface area contributed by atoms with Crippen LogP contribution in [-0.4, -0.2) is 128 Å². The molecule has 7 rings (SSSR count). The van der Waals surface area contributed by atoms with Crippen LogP contribution < -0.4 is 26.0 Å². The predicted molar refractivity (Wildman–Crippen MR) is 265 cm³/mol. The van der Waals surface area contributed by atoms with Gasteiger partial charge in [-0.15, -0.1) is 0 Å². The normalized spacial score (nSPS) is 16.7. The lowest BCUT2D eigenvalue weighted by Gasteiger charge is -2.33. The molecule has 0 saturated carbocycles. The van der Waals surface area contributed by atoms with Gasteiger partial charge in [-0.25, -0.2) is 13.4 Å². The molecule has 1 atom stereocenters. The van der Waals surface area contributed by atoms with Gasteiger partial charge in [-0.3, -0.25) is 39.1 Å². The van der Waals surface area contributed by atoms with Gasteiger partial charge in [0.1, 0.15) is 22.6 Å². The average molecular weight is 1000 g/mol. The molecule has 4 N–H and O–H groups in total. The van der Waals surface area contributed by atoms with Crippen LogP contribution in [-0.2, 0) is 33.7 Å². The number of nitrogens with zero attached hydrogens (tertiary/aromatic N) is 4. The number of para-hydroxylation sites is 1. The standard InChI is InChI=1S/C50H61ClN8O10S/c1-30(2)69-42-27-36(32(5)26-40(42)55-50-53-28-37(51)46(57-50)54-38-12-6-7-14-43(38)70(65,66)31(3)4)33-17-20-58(21-18-33)29-34(60)10-9-22-67-24-25-68-23-19-52-39-13-8-11-35-45(39)49(64)59(48(35)63)41-15-16-44(61)56-47(41)62/h6-8,11-14,26-28,30-31,33,41,52H,9-10,15-25,29H2,1-5H3,(H,56,61,62)(H2,53,54,55,57). The van der Waals surface area contributed by atoms with Crippen molar-refractivity contribution < 1.29 is 46.6 Å². The van der Waals surface area contributed by atoms with Crippen molar-refractivity contribution in [2.75, 3.05) is 68.6 Å². The van der Waals surface area contributed by atoms with E-state index in [0.29, 0.717) is 75.2 Å². The third-order valence-corrected chi connectivity index (χ3v) is 14.8. The molecule has 3 aromatic carbocycles. The van der Waals surface area contributed by atoms with E-state index in [4.69, 9.17) is 25.8 Å². The molecule has 374 valence electrons. The molecule has 3 aliphatic heterocycles. The number of nitrogens with one attached hydrogen (secondary N) is 4. The van der Waals surface area contributed by atoms with Crippen LogP contribution in [0.1, 0.15) is 104 Å². The van der Waals surface area contributed by atoms with Crippen molar-refractivity contribution in [3.05, 3.63) is 88.1 Å². The predicted octanol–water partition coefficient (Wildman–Crippen LogP) is 6.97. The molecule has 20 heteroatoms. The van der Waals surface area contributed by atoms with Crippen molar-refractivity contribution in [3.8, 4) is 5.75 Å². The van der Waals surface area contributed by atoms with Gasteiger partial charge in [0.15, 0.2) is 15.7 Å². The zero-order valence-corrected chi connectivity index (χ0v) is 41.7. The summed E-state index contributed by atoms with van der Waals surface area (Å²) in [6.07, 6.45) is 4.27. The van der Waals surface area contributed by atoms with Gasteiger partial charge in [0.2, 0.25) is 17.8 Å². The number of benzene rings is 3. The Balaban J connectivity index is 0.815. The number of piperidine rings is 2. The highest BCUT2D eigenvalue weighted by molar-refractivity contribution is 7.92. The van der Waals surface area contributed by atoms with E-state index in [1.807, 2.05) is 19.9 Å². The zero-order chi connectivity index (χ0) is 50.1. The number of fused-ring (bicyclic) bond motifs is 1. The number of ketones is 1. The summed E-state index contributed by atoms with van der Waals surface area (Å²) in [5.41, 5.74) is 4.14. The van der Waals surface area contributed by atoms with Gasteiger partial charge < -0.3 is 30.2 Å². The van der Waals surface area contributed by atoms with Crippen molar-refractivity contribution in [3.63, 3.8) is 0 Å². The summed E-state index contributed by atoms with van der Waals surface area (Å²) in [7, 11) is -3.59. The second-order valence-electron chi connectivity index (χ2n) is 18.1. The lowest BCUT2D eigenvalue weighted by molar-refractivity contribution is -0.136. The number of carbonyl (C=O) groups is 5. The molecule has 4 heterocycles. The minimum atomic E-state index is -3.59.